The van der Waals surface area contributed by atoms with Crippen LogP contribution < -0.4 is 5.73 Å². The number of rotatable bonds is 5. The first-order valence-electron chi connectivity index (χ1n) is 6.02. The van der Waals surface area contributed by atoms with Crippen LogP contribution in [0.1, 0.15) is 17.2 Å². The normalized spacial score (nSPS) is 10.8. The van der Waals surface area contributed by atoms with Crippen molar-refractivity contribution in [3.63, 3.8) is 0 Å². The molecule has 18 heavy (non-hydrogen) atoms. The highest BCUT2D eigenvalue weighted by atomic mass is 35.5. The number of aromatic nitrogens is 3. The monoisotopic (exact) mass is 264 g/mol. The van der Waals surface area contributed by atoms with Gasteiger partial charge in [0.2, 0.25) is 0 Å². The summed E-state index contributed by atoms with van der Waals surface area (Å²) in [6.07, 6.45) is 2.54. The lowest BCUT2D eigenvalue weighted by Crippen LogP contribution is -2.04. The van der Waals surface area contributed by atoms with E-state index >= 15 is 0 Å². The highest BCUT2D eigenvalue weighted by Gasteiger charge is 2.06. The van der Waals surface area contributed by atoms with Gasteiger partial charge in [0.25, 0.3) is 0 Å². The Kier molecular flexibility index (Phi) is 4.33. The van der Waals surface area contributed by atoms with Crippen molar-refractivity contribution in [2.24, 2.45) is 12.8 Å². The van der Waals surface area contributed by atoms with Gasteiger partial charge in [-0.1, -0.05) is 23.7 Å². The third-order valence-corrected chi connectivity index (χ3v) is 3.07. The summed E-state index contributed by atoms with van der Waals surface area (Å²) in [6.45, 7) is 0.584. The van der Waals surface area contributed by atoms with Gasteiger partial charge in [-0.15, -0.1) is 0 Å². The first kappa shape index (κ1) is 13.1. The van der Waals surface area contributed by atoms with Crippen molar-refractivity contribution >= 4 is 11.6 Å². The minimum atomic E-state index is 0.584. The van der Waals surface area contributed by atoms with Gasteiger partial charge < -0.3 is 5.73 Å². The molecule has 0 fully saturated rings. The van der Waals surface area contributed by atoms with Gasteiger partial charge in [0.15, 0.2) is 5.82 Å². The average molecular weight is 265 g/mol. The summed E-state index contributed by atoms with van der Waals surface area (Å²) in [5.41, 5.74) is 6.75. The second kappa shape index (κ2) is 5.98. The second-order valence-corrected chi connectivity index (χ2v) is 4.67. The lowest BCUT2D eigenvalue weighted by molar-refractivity contribution is 0.685. The van der Waals surface area contributed by atoms with Crippen LogP contribution in [-0.2, 0) is 26.3 Å². The molecule has 0 bridgehead atoms. The van der Waals surface area contributed by atoms with E-state index in [-0.39, 0.29) is 0 Å². The van der Waals surface area contributed by atoms with Gasteiger partial charge >= 0.3 is 0 Å². The fraction of sp³-hybridized carbons (Fsp3) is 0.385. The summed E-state index contributed by atoms with van der Waals surface area (Å²) in [6, 6.07) is 7.90. The quantitative estimate of drug-likeness (QED) is 0.895. The van der Waals surface area contributed by atoms with E-state index in [9.17, 15) is 0 Å². The second-order valence-electron chi connectivity index (χ2n) is 4.23. The predicted molar refractivity (Wildman–Crippen MR) is 72.6 cm³/mol. The van der Waals surface area contributed by atoms with E-state index < -0.39 is 0 Å². The molecule has 0 amide bonds. The van der Waals surface area contributed by atoms with Gasteiger partial charge in [-0.25, -0.2) is 4.98 Å². The average Bonchev–Trinajstić information content (AvgIpc) is 2.70. The van der Waals surface area contributed by atoms with E-state index in [0.717, 1.165) is 35.9 Å². The third kappa shape index (κ3) is 3.31. The summed E-state index contributed by atoms with van der Waals surface area (Å²) in [5.74, 6) is 1.82. The van der Waals surface area contributed by atoms with Gasteiger partial charge in [-0.3, -0.25) is 4.68 Å². The van der Waals surface area contributed by atoms with Gasteiger partial charge in [0.05, 0.1) is 0 Å². The number of nitrogens with two attached hydrogens (primary N) is 1. The van der Waals surface area contributed by atoms with Crippen LogP contribution in [-0.4, -0.2) is 21.3 Å². The zero-order valence-corrected chi connectivity index (χ0v) is 11.2. The molecular weight excluding hydrogens is 248 g/mol. The van der Waals surface area contributed by atoms with Crippen LogP contribution in [0.25, 0.3) is 0 Å². The Bertz CT molecular complexity index is 504. The minimum Gasteiger partial charge on any atom is -0.330 e. The van der Waals surface area contributed by atoms with Crippen LogP contribution in [0.5, 0.6) is 0 Å². The van der Waals surface area contributed by atoms with Gasteiger partial charge in [0.1, 0.15) is 5.82 Å². The largest absolute Gasteiger partial charge is 0.330 e. The molecule has 2 rings (SSSR count). The molecule has 0 atom stereocenters. The smallest absolute Gasteiger partial charge is 0.152 e. The van der Waals surface area contributed by atoms with E-state index in [1.54, 1.807) is 0 Å². The summed E-state index contributed by atoms with van der Waals surface area (Å²) in [4.78, 5) is 4.48. The molecule has 1 heterocycles. The Balaban J connectivity index is 1.99. The summed E-state index contributed by atoms with van der Waals surface area (Å²) < 4.78 is 1.83. The van der Waals surface area contributed by atoms with E-state index in [1.807, 2.05) is 36.0 Å². The molecule has 96 valence electrons. The standard InChI is InChI=1S/C13H17ClN4/c1-18-13(16-12(17-18)8-9-15)7-4-10-2-5-11(14)6-3-10/h2-3,5-6H,4,7-9,15H2,1H3. The number of hydrogen-bond donors (Lipinski definition) is 1. The van der Waals surface area contributed by atoms with Crippen molar-refractivity contribution in [1.82, 2.24) is 14.8 Å². The molecule has 1 aromatic carbocycles. The molecule has 0 unspecified atom stereocenters. The molecule has 0 aliphatic heterocycles. The van der Waals surface area contributed by atoms with E-state index in [2.05, 4.69) is 10.1 Å². The lowest BCUT2D eigenvalue weighted by atomic mass is 10.1. The summed E-state index contributed by atoms with van der Waals surface area (Å²) in [5, 5.41) is 5.10. The number of nitrogens with zero attached hydrogens (tertiary/aromatic N) is 3. The molecule has 0 aliphatic carbocycles. The maximum absolute atomic E-state index is 5.85. The van der Waals surface area contributed by atoms with E-state index in [0.29, 0.717) is 6.54 Å². The van der Waals surface area contributed by atoms with Crippen LogP contribution in [0.3, 0.4) is 0 Å². The molecule has 0 aliphatic rings. The van der Waals surface area contributed by atoms with Crippen molar-refractivity contribution in [2.75, 3.05) is 6.54 Å². The molecule has 1 aromatic heterocycles. The zero-order valence-electron chi connectivity index (χ0n) is 10.4. The molecule has 0 saturated carbocycles. The Labute approximate surface area is 112 Å². The van der Waals surface area contributed by atoms with E-state index in [1.165, 1.54) is 5.56 Å². The summed E-state index contributed by atoms with van der Waals surface area (Å²) in [7, 11) is 1.92. The van der Waals surface area contributed by atoms with Crippen molar-refractivity contribution < 1.29 is 0 Å². The highest BCUT2D eigenvalue weighted by Crippen LogP contribution is 2.11. The third-order valence-electron chi connectivity index (χ3n) is 2.82. The Morgan fingerprint density at radius 1 is 1.17 bits per heavy atom. The first-order valence-corrected chi connectivity index (χ1v) is 6.40. The van der Waals surface area contributed by atoms with Crippen LogP contribution in [0.4, 0.5) is 0 Å². The van der Waals surface area contributed by atoms with Crippen LogP contribution in [0.15, 0.2) is 24.3 Å². The molecular formula is C13H17ClN4. The van der Waals surface area contributed by atoms with Crippen molar-refractivity contribution in [1.29, 1.82) is 0 Å². The van der Waals surface area contributed by atoms with Gasteiger partial charge in [0, 0.05) is 24.9 Å². The minimum absolute atomic E-state index is 0.584. The molecule has 2 N–H and O–H groups in total. The van der Waals surface area contributed by atoms with Gasteiger partial charge in [-0.2, -0.15) is 5.10 Å². The Morgan fingerprint density at radius 2 is 1.89 bits per heavy atom. The lowest BCUT2D eigenvalue weighted by Gasteiger charge is -2.01. The van der Waals surface area contributed by atoms with Crippen LogP contribution in [0.2, 0.25) is 5.02 Å². The molecule has 5 heteroatoms. The highest BCUT2D eigenvalue weighted by molar-refractivity contribution is 6.30. The topological polar surface area (TPSA) is 56.7 Å². The van der Waals surface area contributed by atoms with Crippen molar-refractivity contribution in [3.8, 4) is 0 Å². The fourth-order valence-electron chi connectivity index (χ4n) is 1.83. The Hall–Kier alpha value is -1.39. The maximum Gasteiger partial charge on any atom is 0.152 e. The predicted octanol–water partition coefficient (Wildman–Crippen LogP) is 1.75. The first-order chi connectivity index (χ1) is 8.69. The number of halogens is 1. The van der Waals surface area contributed by atoms with Gasteiger partial charge in [-0.05, 0) is 30.7 Å². The summed E-state index contributed by atoms with van der Waals surface area (Å²) >= 11 is 5.85. The van der Waals surface area contributed by atoms with Crippen LogP contribution in [0, 0.1) is 0 Å². The SMILES string of the molecule is Cn1nc(CCN)nc1CCc1ccc(Cl)cc1. The van der Waals surface area contributed by atoms with E-state index in [4.69, 9.17) is 17.3 Å². The molecule has 0 radical (unpaired) electrons. The maximum atomic E-state index is 5.85. The molecule has 0 spiro atoms. The zero-order chi connectivity index (χ0) is 13.0. The number of benzene rings is 1. The number of hydrogen-bond acceptors (Lipinski definition) is 3. The van der Waals surface area contributed by atoms with Crippen molar-refractivity contribution in [3.05, 3.63) is 46.5 Å². The molecule has 0 saturated heterocycles. The Morgan fingerprint density at radius 3 is 2.56 bits per heavy atom. The number of aryl methyl sites for hydroxylation is 3. The molecule has 4 nitrogen and oxygen atoms in total. The fourth-order valence-corrected chi connectivity index (χ4v) is 1.96. The van der Waals surface area contributed by atoms with Crippen molar-refractivity contribution in [2.45, 2.75) is 19.3 Å². The molecule has 2 aromatic rings. The van der Waals surface area contributed by atoms with Crippen LogP contribution >= 0.6 is 11.6 Å².